The van der Waals surface area contributed by atoms with Gasteiger partial charge in [-0.25, -0.2) is 4.52 Å². The highest BCUT2D eigenvalue weighted by atomic mass is 16.5. The molecule has 0 bridgehead atoms. The van der Waals surface area contributed by atoms with Crippen molar-refractivity contribution in [2.24, 2.45) is 0 Å². The summed E-state index contributed by atoms with van der Waals surface area (Å²) in [6.45, 7) is 4.07. The van der Waals surface area contributed by atoms with E-state index in [-0.39, 0.29) is 6.10 Å². The van der Waals surface area contributed by atoms with E-state index in [1.807, 2.05) is 27.9 Å². The van der Waals surface area contributed by atoms with E-state index in [9.17, 15) is 0 Å². The van der Waals surface area contributed by atoms with Crippen molar-refractivity contribution in [2.75, 3.05) is 19.0 Å². The van der Waals surface area contributed by atoms with Crippen LogP contribution in [0.5, 0.6) is 5.88 Å². The largest absolute Gasteiger partial charge is 0.472 e. The molecule has 0 radical (unpaired) electrons. The van der Waals surface area contributed by atoms with E-state index in [1.165, 1.54) is 24.1 Å². The molecule has 0 aliphatic heterocycles. The quantitative estimate of drug-likeness (QED) is 0.849. The van der Waals surface area contributed by atoms with Gasteiger partial charge in [-0.05, 0) is 44.7 Å². The molecule has 0 saturated heterocycles. The van der Waals surface area contributed by atoms with E-state index in [1.54, 1.807) is 0 Å². The molecule has 4 heteroatoms. The van der Waals surface area contributed by atoms with Gasteiger partial charge in [-0.1, -0.05) is 6.07 Å². The smallest absolute Gasteiger partial charge is 0.258 e. The van der Waals surface area contributed by atoms with E-state index >= 15 is 0 Å². The van der Waals surface area contributed by atoms with Gasteiger partial charge < -0.3 is 9.64 Å². The topological polar surface area (TPSA) is 29.8 Å². The van der Waals surface area contributed by atoms with Crippen LogP contribution in [-0.2, 0) is 12.8 Å². The summed E-state index contributed by atoms with van der Waals surface area (Å²) in [5.41, 5.74) is 4.99. The van der Waals surface area contributed by atoms with Gasteiger partial charge in [-0.2, -0.15) is 0 Å². The fourth-order valence-electron chi connectivity index (χ4n) is 2.83. The first-order valence-corrected chi connectivity index (χ1v) is 6.95. The second kappa shape index (κ2) is 4.44. The summed E-state index contributed by atoms with van der Waals surface area (Å²) in [5.74, 6) is 0.736. The minimum atomic E-state index is 0.136. The third-order valence-corrected chi connectivity index (χ3v) is 3.59. The highest BCUT2D eigenvalue weighted by Gasteiger charge is 2.22. The molecule has 0 amide bonds. The van der Waals surface area contributed by atoms with Gasteiger partial charge in [-0.3, -0.25) is 0 Å². The first-order valence-electron chi connectivity index (χ1n) is 6.95. The number of aromatic nitrogens is 2. The molecule has 3 rings (SSSR count). The molecule has 1 aliphatic carbocycles. The highest BCUT2D eigenvalue weighted by Crippen LogP contribution is 2.35. The molecule has 0 fully saturated rings. The summed E-state index contributed by atoms with van der Waals surface area (Å²) in [6.07, 6.45) is 3.65. The van der Waals surface area contributed by atoms with E-state index in [2.05, 4.69) is 21.5 Å². The van der Waals surface area contributed by atoms with E-state index in [0.717, 1.165) is 23.5 Å². The lowest BCUT2D eigenvalue weighted by Crippen LogP contribution is -2.12. The number of fused-ring (bicyclic) bond motifs is 3. The third-order valence-electron chi connectivity index (χ3n) is 3.59. The lowest BCUT2D eigenvalue weighted by molar-refractivity contribution is 0.232. The zero-order valence-corrected chi connectivity index (χ0v) is 12.1. The molecule has 0 atom stereocenters. The minimum Gasteiger partial charge on any atom is -0.472 e. The number of ether oxygens (including phenoxy) is 1. The Kier molecular flexibility index (Phi) is 2.88. The molecule has 2 aromatic heterocycles. The monoisotopic (exact) mass is 259 g/mol. The maximum atomic E-state index is 5.88. The van der Waals surface area contributed by atoms with Gasteiger partial charge in [0.15, 0.2) is 0 Å². The normalized spacial score (nSPS) is 14.2. The van der Waals surface area contributed by atoms with Crippen molar-refractivity contribution in [3.05, 3.63) is 23.4 Å². The molecule has 0 spiro atoms. The second-order valence-electron chi connectivity index (χ2n) is 5.67. The SMILES string of the molecule is CC(C)Oc1nn2c3c(ccc2c1N(C)C)CCC3. The molecule has 1 aliphatic rings. The average Bonchev–Trinajstić information content (AvgIpc) is 2.89. The average molecular weight is 259 g/mol. The van der Waals surface area contributed by atoms with E-state index in [4.69, 9.17) is 9.84 Å². The standard InChI is InChI=1S/C15H21N3O/c1-10(2)19-15-14(17(3)4)13-9-8-11-6-5-7-12(11)18(13)16-15/h8-10H,5-7H2,1-4H3. The molecule has 0 saturated carbocycles. The maximum Gasteiger partial charge on any atom is 0.258 e. The zero-order chi connectivity index (χ0) is 13.6. The first-order chi connectivity index (χ1) is 9.08. The Morgan fingerprint density at radius 3 is 2.74 bits per heavy atom. The predicted molar refractivity (Wildman–Crippen MR) is 77.3 cm³/mol. The first kappa shape index (κ1) is 12.3. The van der Waals surface area contributed by atoms with Crippen molar-refractivity contribution < 1.29 is 4.74 Å². The number of pyridine rings is 1. The molecule has 4 nitrogen and oxygen atoms in total. The molecule has 0 unspecified atom stereocenters. The van der Waals surface area contributed by atoms with Gasteiger partial charge in [0.25, 0.3) is 5.88 Å². The van der Waals surface area contributed by atoms with Crippen molar-refractivity contribution in [1.82, 2.24) is 9.61 Å². The summed E-state index contributed by atoms with van der Waals surface area (Å²) in [7, 11) is 4.08. The van der Waals surface area contributed by atoms with Crippen LogP contribution in [0.1, 0.15) is 31.5 Å². The maximum absolute atomic E-state index is 5.88. The van der Waals surface area contributed by atoms with Crippen molar-refractivity contribution in [2.45, 2.75) is 39.2 Å². The second-order valence-corrected chi connectivity index (χ2v) is 5.67. The van der Waals surface area contributed by atoms with Crippen LogP contribution in [0.25, 0.3) is 5.52 Å². The molecule has 2 heterocycles. The fraction of sp³-hybridized carbons (Fsp3) is 0.533. The lowest BCUT2D eigenvalue weighted by Gasteiger charge is -2.14. The van der Waals surface area contributed by atoms with Gasteiger partial charge in [0.1, 0.15) is 5.69 Å². The van der Waals surface area contributed by atoms with Gasteiger partial charge in [-0.15, -0.1) is 5.10 Å². The van der Waals surface area contributed by atoms with E-state index < -0.39 is 0 Å². The predicted octanol–water partition coefficient (Wildman–Crippen LogP) is 2.68. The molecule has 102 valence electrons. The lowest BCUT2D eigenvalue weighted by atomic mass is 10.2. The number of nitrogens with zero attached hydrogens (tertiary/aromatic N) is 3. The van der Waals surface area contributed by atoms with Crippen molar-refractivity contribution in [1.29, 1.82) is 0 Å². The molecule has 2 aromatic rings. The Bertz CT molecular complexity index is 613. The van der Waals surface area contributed by atoms with Crippen LogP contribution in [0.2, 0.25) is 0 Å². The Hall–Kier alpha value is -1.71. The van der Waals surface area contributed by atoms with Crippen LogP contribution >= 0.6 is 0 Å². The minimum absolute atomic E-state index is 0.136. The highest BCUT2D eigenvalue weighted by molar-refractivity contribution is 5.78. The molecular formula is C15H21N3O. The number of aryl methyl sites for hydroxylation is 2. The van der Waals surface area contributed by atoms with Crippen LogP contribution in [0.3, 0.4) is 0 Å². The number of anilines is 1. The number of hydrogen-bond donors (Lipinski definition) is 0. The van der Waals surface area contributed by atoms with Crippen molar-refractivity contribution >= 4 is 11.2 Å². The van der Waals surface area contributed by atoms with Crippen LogP contribution in [-0.4, -0.2) is 29.8 Å². The Morgan fingerprint density at radius 2 is 2.05 bits per heavy atom. The molecule has 0 N–H and O–H groups in total. The summed E-state index contributed by atoms with van der Waals surface area (Å²) in [4.78, 5) is 2.08. The Labute approximate surface area is 114 Å². The van der Waals surface area contributed by atoms with Gasteiger partial charge in [0, 0.05) is 19.8 Å². The van der Waals surface area contributed by atoms with Gasteiger partial charge in [0.05, 0.1) is 11.6 Å². The fourth-order valence-corrected chi connectivity index (χ4v) is 2.83. The summed E-state index contributed by atoms with van der Waals surface area (Å²) in [5, 5.41) is 4.70. The molecular weight excluding hydrogens is 238 g/mol. The van der Waals surface area contributed by atoms with Crippen LogP contribution in [0, 0.1) is 0 Å². The molecule has 19 heavy (non-hydrogen) atoms. The Morgan fingerprint density at radius 1 is 1.26 bits per heavy atom. The zero-order valence-electron chi connectivity index (χ0n) is 12.1. The van der Waals surface area contributed by atoms with Crippen molar-refractivity contribution in [3.8, 4) is 5.88 Å². The van der Waals surface area contributed by atoms with Crippen LogP contribution in [0.4, 0.5) is 5.69 Å². The van der Waals surface area contributed by atoms with Crippen LogP contribution in [0.15, 0.2) is 12.1 Å². The number of hydrogen-bond acceptors (Lipinski definition) is 3. The van der Waals surface area contributed by atoms with Gasteiger partial charge >= 0.3 is 0 Å². The van der Waals surface area contributed by atoms with Gasteiger partial charge in [0.2, 0.25) is 0 Å². The van der Waals surface area contributed by atoms with E-state index in [0.29, 0.717) is 0 Å². The Balaban J connectivity index is 2.23. The van der Waals surface area contributed by atoms with Crippen LogP contribution < -0.4 is 9.64 Å². The third kappa shape index (κ3) is 1.95. The number of rotatable bonds is 3. The van der Waals surface area contributed by atoms with Crippen molar-refractivity contribution in [3.63, 3.8) is 0 Å². The summed E-state index contributed by atoms with van der Waals surface area (Å²) in [6, 6.07) is 4.41. The summed E-state index contributed by atoms with van der Waals surface area (Å²) < 4.78 is 7.96. The molecule has 0 aromatic carbocycles. The summed E-state index contributed by atoms with van der Waals surface area (Å²) >= 11 is 0.